The van der Waals surface area contributed by atoms with Crippen LogP contribution in [-0.2, 0) is 11.3 Å². The molecule has 4 nitrogen and oxygen atoms in total. The van der Waals surface area contributed by atoms with Crippen LogP contribution in [0, 0.1) is 17.1 Å². The summed E-state index contributed by atoms with van der Waals surface area (Å²) in [5.41, 5.74) is 0.342. The molecule has 1 aromatic heterocycles. The number of nitriles is 1. The Bertz CT molecular complexity index is 687. The van der Waals surface area contributed by atoms with Gasteiger partial charge in [0.1, 0.15) is 11.6 Å². The average molecular weight is 298 g/mol. The van der Waals surface area contributed by atoms with Crippen LogP contribution in [0.5, 0.6) is 0 Å². The summed E-state index contributed by atoms with van der Waals surface area (Å²) in [6.45, 7) is 0.562. The van der Waals surface area contributed by atoms with Gasteiger partial charge in [0.15, 0.2) is 0 Å². The summed E-state index contributed by atoms with van der Waals surface area (Å²) >= 11 is 0. The van der Waals surface area contributed by atoms with E-state index in [9.17, 15) is 9.18 Å². The number of amides is 1. The Morgan fingerprint density at radius 1 is 1.32 bits per heavy atom. The van der Waals surface area contributed by atoms with Crippen LogP contribution in [0.3, 0.4) is 0 Å². The molecular weight excluding hydrogens is 283 g/mol. The van der Waals surface area contributed by atoms with Crippen molar-refractivity contribution in [2.75, 3.05) is 6.54 Å². The SMILES string of the molecule is N#CCCN(Cc1ccco1)C(=O)/C=C/c1ccccc1F. The summed E-state index contributed by atoms with van der Waals surface area (Å²) < 4.78 is 18.7. The maximum atomic E-state index is 13.5. The number of benzene rings is 1. The lowest BCUT2D eigenvalue weighted by Gasteiger charge is -2.18. The minimum Gasteiger partial charge on any atom is -0.467 e. The highest BCUT2D eigenvalue weighted by molar-refractivity contribution is 5.91. The van der Waals surface area contributed by atoms with Gasteiger partial charge in [0.2, 0.25) is 5.91 Å². The van der Waals surface area contributed by atoms with Gasteiger partial charge in [-0.15, -0.1) is 0 Å². The van der Waals surface area contributed by atoms with Crippen LogP contribution in [-0.4, -0.2) is 17.4 Å². The molecule has 0 saturated heterocycles. The third-order valence-corrected chi connectivity index (χ3v) is 3.04. The fraction of sp³-hybridized carbons (Fsp3) is 0.176. The summed E-state index contributed by atoms with van der Waals surface area (Å²) in [4.78, 5) is 13.7. The molecule has 0 bridgehead atoms. The van der Waals surface area contributed by atoms with Gasteiger partial charge in [-0.05, 0) is 24.3 Å². The molecule has 0 aliphatic carbocycles. The number of nitrogens with zero attached hydrogens (tertiary/aromatic N) is 2. The van der Waals surface area contributed by atoms with Crippen molar-refractivity contribution in [2.24, 2.45) is 0 Å². The van der Waals surface area contributed by atoms with E-state index < -0.39 is 0 Å². The van der Waals surface area contributed by atoms with Gasteiger partial charge in [-0.25, -0.2) is 4.39 Å². The Kier molecular flexibility index (Phi) is 5.50. The van der Waals surface area contributed by atoms with E-state index in [-0.39, 0.29) is 31.2 Å². The van der Waals surface area contributed by atoms with E-state index in [1.165, 1.54) is 29.4 Å². The smallest absolute Gasteiger partial charge is 0.247 e. The number of hydrogen-bond donors (Lipinski definition) is 0. The first-order valence-electron chi connectivity index (χ1n) is 6.81. The Morgan fingerprint density at radius 2 is 2.14 bits per heavy atom. The summed E-state index contributed by atoms with van der Waals surface area (Å²) in [6, 6.07) is 11.7. The van der Waals surface area contributed by atoms with Gasteiger partial charge in [0, 0.05) is 18.2 Å². The molecule has 5 heteroatoms. The van der Waals surface area contributed by atoms with Crippen molar-refractivity contribution in [3.63, 3.8) is 0 Å². The van der Waals surface area contributed by atoms with E-state index in [2.05, 4.69) is 0 Å². The number of halogens is 1. The van der Waals surface area contributed by atoms with E-state index in [0.717, 1.165) is 0 Å². The maximum Gasteiger partial charge on any atom is 0.247 e. The molecule has 1 amide bonds. The van der Waals surface area contributed by atoms with Crippen molar-refractivity contribution >= 4 is 12.0 Å². The first-order valence-corrected chi connectivity index (χ1v) is 6.81. The van der Waals surface area contributed by atoms with Crippen LogP contribution in [0.25, 0.3) is 6.08 Å². The number of carbonyl (C=O) groups excluding carboxylic acids is 1. The highest BCUT2D eigenvalue weighted by Crippen LogP contribution is 2.10. The second-order valence-electron chi connectivity index (χ2n) is 4.60. The average Bonchev–Trinajstić information content (AvgIpc) is 3.03. The molecule has 2 aromatic rings. The zero-order chi connectivity index (χ0) is 15.8. The highest BCUT2D eigenvalue weighted by atomic mass is 19.1. The molecule has 2 rings (SSSR count). The molecule has 0 atom stereocenters. The number of hydrogen-bond acceptors (Lipinski definition) is 3. The van der Waals surface area contributed by atoms with Crippen LogP contribution >= 0.6 is 0 Å². The highest BCUT2D eigenvalue weighted by Gasteiger charge is 2.12. The lowest BCUT2D eigenvalue weighted by atomic mass is 10.2. The van der Waals surface area contributed by atoms with E-state index in [4.69, 9.17) is 9.68 Å². The molecule has 0 aliphatic heterocycles. The van der Waals surface area contributed by atoms with Crippen molar-refractivity contribution in [1.82, 2.24) is 4.90 Å². The fourth-order valence-corrected chi connectivity index (χ4v) is 1.92. The van der Waals surface area contributed by atoms with Crippen molar-refractivity contribution < 1.29 is 13.6 Å². The Hall–Kier alpha value is -2.87. The van der Waals surface area contributed by atoms with Crippen molar-refractivity contribution in [3.05, 3.63) is 65.9 Å². The fourth-order valence-electron chi connectivity index (χ4n) is 1.92. The predicted octanol–water partition coefficient (Wildman–Crippen LogP) is 3.37. The van der Waals surface area contributed by atoms with Crippen LogP contribution in [0.2, 0.25) is 0 Å². The third kappa shape index (κ3) is 4.32. The van der Waals surface area contributed by atoms with Gasteiger partial charge in [0.05, 0.1) is 25.3 Å². The maximum absolute atomic E-state index is 13.5. The van der Waals surface area contributed by atoms with Gasteiger partial charge >= 0.3 is 0 Å². The number of carbonyl (C=O) groups is 1. The van der Waals surface area contributed by atoms with Crippen LogP contribution in [0.4, 0.5) is 4.39 Å². The first-order chi connectivity index (χ1) is 10.7. The van der Waals surface area contributed by atoms with Gasteiger partial charge in [0.25, 0.3) is 0 Å². The molecule has 22 heavy (non-hydrogen) atoms. The molecule has 1 heterocycles. The molecule has 1 aromatic carbocycles. The van der Waals surface area contributed by atoms with Gasteiger partial charge in [-0.2, -0.15) is 5.26 Å². The molecule has 0 radical (unpaired) electrons. The second kappa shape index (κ2) is 7.79. The second-order valence-corrected chi connectivity index (χ2v) is 4.60. The summed E-state index contributed by atoms with van der Waals surface area (Å²) in [6.07, 6.45) is 4.48. The molecule has 0 unspecified atom stereocenters. The van der Waals surface area contributed by atoms with Gasteiger partial charge in [-0.1, -0.05) is 18.2 Å². The van der Waals surface area contributed by atoms with Crippen LogP contribution in [0.15, 0.2) is 53.2 Å². The molecule has 112 valence electrons. The normalized spacial score (nSPS) is 10.5. The first kappa shape index (κ1) is 15.5. The monoisotopic (exact) mass is 298 g/mol. The van der Waals surface area contributed by atoms with E-state index in [1.54, 1.807) is 30.3 Å². The molecule has 0 fully saturated rings. The topological polar surface area (TPSA) is 57.2 Å². The van der Waals surface area contributed by atoms with E-state index >= 15 is 0 Å². The molecule has 0 saturated carbocycles. The van der Waals surface area contributed by atoms with Crippen molar-refractivity contribution in [3.8, 4) is 6.07 Å². The molecule has 0 spiro atoms. The standard InChI is InChI=1S/C17H15FN2O2/c18-16-7-2-1-5-14(16)8-9-17(21)20(11-4-10-19)13-15-6-3-12-22-15/h1-3,5-9,12H,4,11,13H2/b9-8+. The van der Waals surface area contributed by atoms with E-state index in [0.29, 0.717) is 11.3 Å². The zero-order valence-electron chi connectivity index (χ0n) is 11.9. The van der Waals surface area contributed by atoms with Crippen molar-refractivity contribution in [2.45, 2.75) is 13.0 Å². The Morgan fingerprint density at radius 3 is 2.82 bits per heavy atom. The zero-order valence-corrected chi connectivity index (χ0v) is 11.9. The number of furan rings is 1. The quantitative estimate of drug-likeness (QED) is 0.768. The summed E-state index contributed by atoms with van der Waals surface area (Å²) in [5.74, 6) is -0.0540. The number of rotatable bonds is 6. The third-order valence-electron chi connectivity index (χ3n) is 3.04. The van der Waals surface area contributed by atoms with Crippen LogP contribution < -0.4 is 0 Å². The van der Waals surface area contributed by atoms with E-state index in [1.807, 2.05) is 6.07 Å². The Labute approximate surface area is 128 Å². The largest absolute Gasteiger partial charge is 0.467 e. The van der Waals surface area contributed by atoms with Gasteiger partial charge in [-0.3, -0.25) is 4.79 Å². The predicted molar refractivity (Wildman–Crippen MR) is 79.8 cm³/mol. The minimum absolute atomic E-state index is 0.222. The van der Waals surface area contributed by atoms with Crippen LogP contribution in [0.1, 0.15) is 17.7 Å². The lowest BCUT2D eigenvalue weighted by molar-refractivity contribution is -0.126. The van der Waals surface area contributed by atoms with Crippen molar-refractivity contribution in [1.29, 1.82) is 5.26 Å². The molecular formula is C17H15FN2O2. The molecule has 0 aliphatic rings. The summed E-state index contributed by atoms with van der Waals surface area (Å²) in [5, 5.41) is 8.69. The Balaban J connectivity index is 2.08. The minimum atomic E-state index is -0.388. The molecule has 0 N–H and O–H groups in total. The summed E-state index contributed by atoms with van der Waals surface area (Å²) in [7, 11) is 0. The lowest BCUT2D eigenvalue weighted by Crippen LogP contribution is -2.29. The van der Waals surface area contributed by atoms with Gasteiger partial charge < -0.3 is 9.32 Å².